The molecular formula is C17H22F2N2O2. The van der Waals surface area contributed by atoms with Crippen molar-refractivity contribution in [3.8, 4) is 0 Å². The van der Waals surface area contributed by atoms with Crippen LogP contribution in [0.5, 0.6) is 0 Å². The van der Waals surface area contributed by atoms with Crippen LogP contribution < -0.4 is 11.1 Å². The predicted octanol–water partition coefficient (Wildman–Crippen LogP) is 3.04. The Morgan fingerprint density at radius 3 is 2.48 bits per heavy atom. The minimum absolute atomic E-state index is 0.00137. The van der Waals surface area contributed by atoms with Crippen molar-refractivity contribution in [1.29, 1.82) is 0 Å². The van der Waals surface area contributed by atoms with Crippen LogP contribution in [0.3, 0.4) is 0 Å². The zero-order valence-corrected chi connectivity index (χ0v) is 13.0. The zero-order chi connectivity index (χ0) is 16.8. The minimum atomic E-state index is -1.27. The van der Waals surface area contributed by atoms with Gasteiger partial charge in [-0.1, -0.05) is 38.2 Å². The molecular weight excluding hydrogens is 302 g/mol. The highest BCUT2D eigenvalue weighted by Crippen LogP contribution is 2.27. The summed E-state index contributed by atoms with van der Waals surface area (Å²) < 4.78 is 27.5. The van der Waals surface area contributed by atoms with Gasteiger partial charge in [0.1, 0.15) is 0 Å². The van der Waals surface area contributed by atoms with Crippen molar-refractivity contribution < 1.29 is 18.4 Å². The molecule has 23 heavy (non-hydrogen) atoms. The third-order valence-electron chi connectivity index (χ3n) is 4.41. The summed E-state index contributed by atoms with van der Waals surface area (Å²) in [6.45, 7) is -0.106. The normalized spacial score (nSPS) is 15.4. The first-order chi connectivity index (χ1) is 11.0. The van der Waals surface area contributed by atoms with Gasteiger partial charge in [0, 0.05) is 18.5 Å². The Labute approximate surface area is 134 Å². The highest BCUT2D eigenvalue weighted by Gasteiger charge is 2.18. The summed E-state index contributed by atoms with van der Waals surface area (Å²) in [5, 5.41) is 2.59. The number of hydrogen-bond acceptors (Lipinski definition) is 2. The Bertz CT molecular complexity index is 584. The second-order valence-electron chi connectivity index (χ2n) is 6.08. The lowest BCUT2D eigenvalue weighted by Gasteiger charge is -2.21. The van der Waals surface area contributed by atoms with Gasteiger partial charge in [-0.05, 0) is 18.4 Å². The number of carbonyl (C=O) groups is 2. The molecule has 2 amide bonds. The molecule has 126 valence electrons. The maximum atomic E-state index is 13.8. The third kappa shape index (κ3) is 4.74. The van der Waals surface area contributed by atoms with Crippen molar-refractivity contribution in [3.05, 3.63) is 34.9 Å². The molecule has 0 unspecified atom stereocenters. The number of hydrogen-bond donors (Lipinski definition) is 2. The molecule has 4 nitrogen and oxygen atoms in total. The summed E-state index contributed by atoms with van der Waals surface area (Å²) in [7, 11) is 0. The van der Waals surface area contributed by atoms with Crippen molar-refractivity contribution in [2.45, 2.75) is 51.5 Å². The number of nitrogens with one attached hydrogen (secondary N) is 1. The summed E-state index contributed by atoms with van der Waals surface area (Å²) in [6, 6.07) is 2.39. The van der Waals surface area contributed by atoms with Gasteiger partial charge in [-0.3, -0.25) is 9.59 Å². The number of primary amides is 1. The number of nitrogens with two attached hydrogens (primary N) is 1. The van der Waals surface area contributed by atoms with Crippen LogP contribution in [0.15, 0.2) is 12.1 Å². The Morgan fingerprint density at radius 2 is 1.83 bits per heavy atom. The highest BCUT2D eigenvalue weighted by molar-refractivity contribution is 5.93. The standard InChI is InChI=1S/C17H22F2N2O2/c18-15-12(7-8-13(16(15)19)17(20)23)10-21-14(22)9-6-11-4-2-1-3-5-11/h7-8,11H,1-6,9-10H2,(H2,20,23)(H,21,22). The molecule has 1 aromatic rings. The molecule has 0 saturated heterocycles. The van der Waals surface area contributed by atoms with E-state index in [4.69, 9.17) is 5.73 Å². The van der Waals surface area contributed by atoms with E-state index < -0.39 is 23.1 Å². The molecule has 1 saturated carbocycles. The Morgan fingerprint density at radius 1 is 1.13 bits per heavy atom. The second-order valence-corrected chi connectivity index (χ2v) is 6.08. The summed E-state index contributed by atoms with van der Waals surface area (Å²) in [6.07, 6.45) is 7.29. The van der Waals surface area contributed by atoms with Crippen molar-refractivity contribution in [1.82, 2.24) is 5.32 Å². The van der Waals surface area contributed by atoms with E-state index >= 15 is 0 Å². The van der Waals surface area contributed by atoms with Crippen LogP contribution in [0.4, 0.5) is 8.78 Å². The van der Waals surface area contributed by atoms with E-state index in [2.05, 4.69) is 5.32 Å². The van der Waals surface area contributed by atoms with E-state index in [0.717, 1.165) is 12.5 Å². The highest BCUT2D eigenvalue weighted by atomic mass is 19.2. The van der Waals surface area contributed by atoms with Gasteiger partial charge in [0.25, 0.3) is 5.91 Å². The quantitative estimate of drug-likeness (QED) is 0.844. The Hall–Kier alpha value is -1.98. The van der Waals surface area contributed by atoms with Crippen LogP contribution in [0, 0.1) is 17.6 Å². The van der Waals surface area contributed by atoms with E-state index in [0.29, 0.717) is 12.3 Å². The third-order valence-corrected chi connectivity index (χ3v) is 4.41. The fraction of sp³-hybridized carbons (Fsp3) is 0.529. The monoisotopic (exact) mass is 324 g/mol. The maximum absolute atomic E-state index is 13.8. The SMILES string of the molecule is NC(=O)c1ccc(CNC(=O)CCC2CCCCC2)c(F)c1F. The van der Waals surface area contributed by atoms with Gasteiger partial charge in [0.15, 0.2) is 11.6 Å². The molecule has 0 atom stereocenters. The van der Waals surface area contributed by atoms with Crippen molar-refractivity contribution in [2.24, 2.45) is 11.7 Å². The molecule has 0 bridgehead atoms. The lowest BCUT2D eigenvalue weighted by molar-refractivity contribution is -0.121. The molecule has 3 N–H and O–H groups in total. The molecule has 1 aliphatic carbocycles. The molecule has 1 fully saturated rings. The fourth-order valence-electron chi connectivity index (χ4n) is 3.01. The van der Waals surface area contributed by atoms with E-state index in [-0.39, 0.29) is 18.0 Å². The predicted molar refractivity (Wildman–Crippen MR) is 82.5 cm³/mol. The van der Waals surface area contributed by atoms with Gasteiger partial charge in [-0.15, -0.1) is 0 Å². The average Bonchev–Trinajstić information content (AvgIpc) is 2.55. The smallest absolute Gasteiger partial charge is 0.251 e. The zero-order valence-electron chi connectivity index (χ0n) is 13.0. The van der Waals surface area contributed by atoms with Crippen LogP contribution in [0.2, 0.25) is 0 Å². The lowest BCUT2D eigenvalue weighted by atomic mass is 9.86. The van der Waals surface area contributed by atoms with Crippen molar-refractivity contribution >= 4 is 11.8 Å². The summed E-state index contributed by atoms with van der Waals surface area (Å²) >= 11 is 0. The van der Waals surface area contributed by atoms with Crippen molar-refractivity contribution in [2.75, 3.05) is 0 Å². The molecule has 1 aromatic carbocycles. The number of rotatable bonds is 6. The minimum Gasteiger partial charge on any atom is -0.366 e. The van der Waals surface area contributed by atoms with E-state index in [1.54, 1.807) is 0 Å². The average molecular weight is 324 g/mol. The fourth-order valence-corrected chi connectivity index (χ4v) is 3.01. The maximum Gasteiger partial charge on any atom is 0.251 e. The first-order valence-electron chi connectivity index (χ1n) is 8.02. The summed E-state index contributed by atoms with van der Waals surface area (Å²) in [4.78, 5) is 22.8. The van der Waals surface area contributed by atoms with Gasteiger partial charge < -0.3 is 11.1 Å². The number of carbonyl (C=O) groups excluding carboxylic acids is 2. The van der Waals surface area contributed by atoms with Gasteiger partial charge >= 0.3 is 0 Å². The first-order valence-corrected chi connectivity index (χ1v) is 8.02. The van der Waals surface area contributed by atoms with E-state index in [1.165, 1.54) is 38.2 Å². The number of halogens is 2. The molecule has 0 aliphatic heterocycles. The molecule has 0 aromatic heterocycles. The van der Waals surface area contributed by atoms with Crippen LogP contribution in [0.25, 0.3) is 0 Å². The van der Waals surface area contributed by atoms with Crippen LogP contribution >= 0.6 is 0 Å². The molecule has 0 radical (unpaired) electrons. The van der Waals surface area contributed by atoms with E-state index in [1.807, 2.05) is 0 Å². The van der Waals surface area contributed by atoms with Gasteiger partial charge in [0.05, 0.1) is 5.56 Å². The lowest BCUT2D eigenvalue weighted by Crippen LogP contribution is -2.24. The van der Waals surface area contributed by atoms with E-state index in [9.17, 15) is 18.4 Å². The summed E-state index contributed by atoms with van der Waals surface area (Å²) in [5.74, 6) is -3.02. The Kier molecular flexibility index (Phi) is 6.07. The largest absolute Gasteiger partial charge is 0.366 e. The topological polar surface area (TPSA) is 72.2 Å². The molecule has 6 heteroatoms. The molecule has 2 rings (SSSR count). The second kappa shape index (κ2) is 8.04. The first kappa shape index (κ1) is 17.4. The van der Waals surface area contributed by atoms with Gasteiger partial charge in [0.2, 0.25) is 5.91 Å². The van der Waals surface area contributed by atoms with Crippen molar-refractivity contribution in [3.63, 3.8) is 0 Å². The summed E-state index contributed by atoms with van der Waals surface area (Å²) in [5.41, 5.74) is 4.46. The van der Waals surface area contributed by atoms with Gasteiger partial charge in [-0.25, -0.2) is 8.78 Å². The van der Waals surface area contributed by atoms with Crippen LogP contribution in [0.1, 0.15) is 60.9 Å². The van der Waals surface area contributed by atoms with Gasteiger partial charge in [-0.2, -0.15) is 0 Å². The van der Waals surface area contributed by atoms with Crippen LogP contribution in [-0.4, -0.2) is 11.8 Å². The van der Waals surface area contributed by atoms with Crippen LogP contribution in [-0.2, 0) is 11.3 Å². The molecule has 0 heterocycles. The molecule has 0 spiro atoms. The number of benzene rings is 1. The number of amides is 2. The Balaban J connectivity index is 1.84. The molecule has 1 aliphatic rings.